The van der Waals surface area contributed by atoms with Crippen molar-refractivity contribution in [2.24, 2.45) is 0 Å². The van der Waals surface area contributed by atoms with Crippen LogP contribution in [0.25, 0.3) is 0 Å². The van der Waals surface area contributed by atoms with Gasteiger partial charge in [-0.25, -0.2) is 4.79 Å². The molecule has 1 aliphatic carbocycles. The van der Waals surface area contributed by atoms with Crippen LogP contribution >= 0.6 is 11.3 Å². The molecule has 7 heteroatoms. The Morgan fingerprint density at radius 1 is 1.17 bits per heavy atom. The number of nitrogens with one attached hydrogen (secondary N) is 2. The number of carbonyl (C=O) groups is 3. The third-order valence-corrected chi connectivity index (χ3v) is 6.94. The van der Waals surface area contributed by atoms with E-state index in [1.807, 2.05) is 36.4 Å². The zero-order valence-corrected chi connectivity index (χ0v) is 17.3. The van der Waals surface area contributed by atoms with Crippen LogP contribution in [0.1, 0.15) is 58.3 Å². The lowest BCUT2D eigenvalue weighted by molar-refractivity contribution is -0.132. The van der Waals surface area contributed by atoms with Crippen molar-refractivity contribution < 1.29 is 14.4 Å². The highest BCUT2D eigenvalue weighted by atomic mass is 32.1. The molecule has 6 nitrogen and oxygen atoms in total. The molecule has 1 atom stereocenters. The summed E-state index contributed by atoms with van der Waals surface area (Å²) in [5.41, 5.74) is 3.80. The molecule has 152 valence electrons. The van der Waals surface area contributed by atoms with Crippen LogP contribution in [0.2, 0.25) is 0 Å². The molecular weight excluding hydrogens is 386 g/mol. The number of rotatable bonds is 5. The summed E-state index contributed by atoms with van der Waals surface area (Å²) in [7, 11) is 0. The molecular formula is C22H25N3O3S. The number of thiophene rings is 1. The maximum absolute atomic E-state index is 12.9. The summed E-state index contributed by atoms with van der Waals surface area (Å²) in [5, 5.41) is 3.57. The molecule has 1 aromatic heterocycles. The van der Waals surface area contributed by atoms with Crippen molar-refractivity contribution >= 4 is 29.2 Å². The largest absolute Gasteiger partial charge is 0.344 e. The molecule has 2 aliphatic rings. The molecule has 0 spiro atoms. The fourth-order valence-corrected chi connectivity index (χ4v) is 5.07. The standard InChI is InChI=1S/C22H25N3O3S/c1-22(13-12-15-8-4-2-5-9-15)20(27)25(21(28)23-22)24-19(26)18-14-16-10-6-3-7-11-17(16)29-18/h2,4-5,8-9,14H,3,6-7,10-13H2,1H3,(H,23,28)(H,24,26)/t22-/m0/s1. The fraction of sp³-hybridized carbons (Fsp3) is 0.409. The van der Waals surface area contributed by atoms with E-state index in [2.05, 4.69) is 10.7 Å². The first kappa shape index (κ1) is 19.6. The third kappa shape index (κ3) is 4.05. The van der Waals surface area contributed by atoms with Crippen molar-refractivity contribution in [2.45, 2.75) is 57.4 Å². The number of hydrogen-bond acceptors (Lipinski definition) is 4. The molecule has 2 N–H and O–H groups in total. The summed E-state index contributed by atoms with van der Waals surface area (Å²) < 4.78 is 0. The van der Waals surface area contributed by atoms with E-state index in [1.54, 1.807) is 6.92 Å². The normalized spacial score (nSPS) is 21.5. The Hall–Kier alpha value is -2.67. The number of nitrogens with zero attached hydrogens (tertiary/aromatic N) is 1. The second-order valence-corrected chi connectivity index (χ2v) is 9.09. The van der Waals surface area contributed by atoms with Crippen LogP contribution in [0.5, 0.6) is 0 Å². The van der Waals surface area contributed by atoms with Gasteiger partial charge in [0.25, 0.3) is 11.8 Å². The maximum atomic E-state index is 12.9. The molecule has 4 amide bonds. The van der Waals surface area contributed by atoms with Gasteiger partial charge in [-0.05, 0) is 62.6 Å². The Kier molecular flexibility index (Phi) is 5.41. The van der Waals surface area contributed by atoms with Gasteiger partial charge in [-0.2, -0.15) is 5.01 Å². The van der Waals surface area contributed by atoms with Crippen molar-refractivity contribution in [2.75, 3.05) is 0 Å². The van der Waals surface area contributed by atoms with Gasteiger partial charge in [-0.15, -0.1) is 11.3 Å². The second-order valence-electron chi connectivity index (χ2n) is 7.95. The van der Waals surface area contributed by atoms with Crippen LogP contribution in [0, 0.1) is 0 Å². The molecule has 0 radical (unpaired) electrons. The molecule has 1 aliphatic heterocycles. The Bertz CT molecular complexity index is 917. The highest BCUT2D eigenvalue weighted by molar-refractivity contribution is 7.14. The molecule has 4 rings (SSSR count). The summed E-state index contributed by atoms with van der Waals surface area (Å²) in [4.78, 5) is 39.8. The highest BCUT2D eigenvalue weighted by Gasteiger charge is 2.48. The Labute approximate surface area is 174 Å². The summed E-state index contributed by atoms with van der Waals surface area (Å²) >= 11 is 1.47. The van der Waals surface area contributed by atoms with Gasteiger partial charge < -0.3 is 5.32 Å². The van der Waals surface area contributed by atoms with Crippen molar-refractivity contribution in [1.29, 1.82) is 0 Å². The molecule has 0 unspecified atom stereocenters. The lowest BCUT2D eigenvalue weighted by Crippen LogP contribution is -2.48. The summed E-state index contributed by atoms with van der Waals surface area (Å²) in [5.74, 6) is -0.830. The molecule has 2 aromatic rings. The van der Waals surface area contributed by atoms with E-state index in [4.69, 9.17) is 0 Å². The number of imide groups is 1. The minimum Gasteiger partial charge on any atom is -0.322 e. The Balaban J connectivity index is 1.43. The molecule has 0 saturated carbocycles. The Morgan fingerprint density at radius 2 is 1.93 bits per heavy atom. The van der Waals surface area contributed by atoms with Crippen LogP contribution in [-0.2, 0) is 24.1 Å². The number of fused-ring (bicyclic) bond motifs is 1. The molecule has 1 aromatic carbocycles. The number of carbonyl (C=O) groups excluding carboxylic acids is 3. The number of hydrogen-bond donors (Lipinski definition) is 2. The van der Waals surface area contributed by atoms with E-state index >= 15 is 0 Å². The first-order valence-corrected chi connectivity index (χ1v) is 10.9. The van der Waals surface area contributed by atoms with Crippen molar-refractivity contribution in [3.05, 3.63) is 57.3 Å². The van der Waals surface area contributed by atoms with Crippen molar-refractivity contribution in [3.8, 4) is 0 Å². The van der Waals surface area contributed by atoms with Crippen LogP contribution in [-0.4, -0.2) is 28.4 Å². The lowest BCUT2D eigenvalue weighted by atomic mass is 9.93. The average molecular weight is 412 g/mol. The zero-order chi connectivity index (χ0) is 20.4. The van der Waals surface area contributed by atoms with Gasteiger partial charge in [0, 0.05) is 4.88 Å². The highest BCUT2D eigenvalue weighted by Crippen LogP contribution is 2.29. The molecule has 29 heavy (non-hydrogen) atoms. The number of aryl methyl sites for hydroxylation is 3. The summed E-state index contributed by atoms with van der Waals surface area (Å²) in [6.07, 6.45) is 6.59. The Morgan fingerprint density at radius 3 is 2.72 bits per heavy atom. The van der Waals surface area contributed by atoms with Crippen LogP contribution in [0.4, 0.5) is 4.79 Å². The first-order valence-electron chi connectivity index (χ1n) is 10.1. The number of urea groups is 1. The zero-order valence-electron chi connectivity index (χ0n) is 16.5. The monoisotopic (exact) mass is 411 g/mol. The average Bonchev–Trinajstić information content (AvgIpc) is 3.12. The van der Waals surface area contributed by atoms with E-state index in [0.29, 0.717) is 17.7 Å². The van der Waals surface area contributed by atoms with Gasteiger partial charge in [0.15, 0.2) is 0 Å². The van der Waals surface area contributed by atoms with Gasteiger partial charge in [0.2, 0.25) is 0 Å². The third-order valence-electron chi connectivity index (χ3n) is 5.70. The smallest absolute Gasteiger partial charge is 0.322 e. The van der Waals surface area contributed by atoms with Crippen molar-refractivity contribution in [3.63, 3.8) is 0 Å². The fourth-order valence-electron chi connectivity index (χ4n) is 3.93. The molecule has 1 fully saturated rings. The van der Waals surface area contributed by atoms with Gasteiger partial charge >= 0.3 is 6.03 Å². The topological polar surface area (TPSA) is 78.5 Å². The van der Waals surface area contributed by atoms with Gasteiger partial charge in [0.05, 0.1) is 4.88 Å². The summed E-state index contributed by atoms with van der Waals surface area (Å²) in [6.45, 7) is 1.70. The van der Waals surface area contributed by atoms with E-state index < -0.39 is 23.4 Å². The molecule has 0 bridgehead atoms. The van der Waals surface area contributed by atoms with Crippen LogP contribution in [0.3, 0.4) is 0 Å². The number of benzene rings is 1. The van der Waals surface area contributed by atoms with Crippen LogP contribution in [0.15, 0.2) is 36.4 Å². The predicted octanol–water partition coefficient (Wildman–Crippen LogP) is 3.61. The number of hydrazine groups is 1. The van der Waals surface area contributed by atoms with Crippen LogP contribution < -0.4 is 10.7 Å². The minimum atomic E-state index is -1.03. The van der Waals surface area contributed by atoms with E-state index in [-0.39, 0.29) is 0 Å². The predicted molar refractivity (Wildman–Crippen MR) is 112 cm³/mol. The van der Waals surface area contributed by atoms with Gasteiger partial charge in [-0.3, -0.25) is 15.0 Å². The second kappa shape index (κ2) is 7.99. The summed E-state index contributed by atoms with van der Waals surface area (Å²) in [6, 6.07) is 11.1. The van der Waals surface area contributed by atoms with Gasteiger partial charge in [-0.1, -0.05) is 36.8 Å². The maximum Gasteiger partial charge on any atom is 0.344 e. The van der Waals surface area contributed by atoms with E-state index in [9.17, 15) is 14.4 Å². The molecule has 2 heterocycles. The molecule has 1 saturated heterocycles. The first-order chi connectivity index (χ1) is 14.0. The van der Waals surface area contributed by atoms with Gasteiger partial charge in [0.1, 0.15) is 5.54 Å². The van der Waals surface area contributed by atoms with Crippen molar-refractivity contribution in [1.82, 2.24) is 15.8 Å². The van der Waals surface area contributed by atoms with E-state index in [1.165, 1.54) is 28.2 Å². The number of amides is 4. The SMILES string of the molecule is C[C@@]1(CCc2ccccc2)NC(=O)N(NC(=O)c2cc3c(s2)CCCCC3)C1=O. The minimum absolute atomic E-state index is 0.404. The van der Waals surface area contributed by atoms with E-state index in [0.717, 1.165) is 36.3 Å². The lowest BCUT2D eigenvalue weighted by Gasteiger charge is -2.21. The quantitative estimate of drug-likeness (QED) is 0.583.